The zero-order chi connectivity index (χ0) is 14.5. The molecule has 0 amide bonds. The Morgan fingerprint density at radius 1 is 1.32 bits per heavy atom. The molecule has 0 fully saturated rings. The van der Waals surface area contributed by atoms with Gasteiger partial charge < -0.3 is 15.8 Å². The molecule has 0 heterocycles. The van der Waals surface area contributed by atoms with Crippen molar-refractivity contribution in [2.45, 2.75) is 52.1 Å². The topological polar surface area (TPSA) is 47.3 Å². The summed E-state index contributed by atoms with van der Waals surface area (Å²) in [7, 11) is 1.72. The maximum Gasteiger partial charge on any atom is 0.122 e. The third kappa shape index (κ3) is 5.62. The third-order valence-electron chi connectivity index (χ3n) is 3.19. The molecule has 0 bridgehead atoms. The molecule has 0 atom stereocenters. The van der Waals surface area contributed by atoms with Gasteiger partial charge in [-0.1, -0.05) is 26.0 Å². The molecule has 0 aliphatic heterocycles. The summed E-state index contributed by atoms with van der Waals surface area (Å²) in [5, 5.41) is 3.44. The van der Waals surface area contributed by atoms with Crippen molar-refractivity contribution in [1.29, 1.82) is 0 Å². The van der Waals surface area contributed by atoms with Crippen LogP contribution in [0, 0.1) is 0 Å². The number of nitrogens with two attached hydrogens (primary N) is 1. The molecule has 0 aromatic heterocycles. The molecule has 3 N–H and O–H groups in total. The molecule has 0 saturated heterocycles. The largest absolute Gasteiger partial charge is 0.496 e. The van der Waals surface area contributed by atoms with Gasteiger partial charge in [0.15, 0.2) is 0 Å². The molecule has 1 rings (SSSR count). The maximum absolute atomic E-state index is 5.96. The highest BCUT2D eigenvalue weighted by atomic mass is 16.5. The molecule has 3 nitrogen and oxygen atoms in total. The van der Waals surface area contributed by atoms with Crippen LogP contribution >= 0.6 is 0 Å². The minimum absolute atomic E-state index is 0.101. The van der Waals surface area contributed by atoms with E-state index in [-0.39, 0.29) is 5.54 Å². The number of methoxy groups -OCH3 is 1. The molecule has 0 unspecified atom stereocenters. The van der Waals surface area contributed by atoms with Crippen LogP contribution in [-0.4, -0.2) is 19.2 Å². The lowest BCUT2D eigenvalue weighted by Crippen LogP contribution is -2.35. The van der Waals surface area contributed by atoms with Gasteiger partial charge in [-0.15, -0.1) is 0 Å². The summed E-state index contributed by atoms with van der Waals surface area (Å²) in [6.45, 7) is 10.3. The first kappa shape index (κ1) is 16.0. The molecule has 1 aromatic rings. The van der Waals surface area contributed by atoms with Crippen molar-refractivity contribution in [1.82, 2.24) is 5.32 Å². The van der Waals surface area contributed by atoms with E-state index >= 15 is 0 Å². The summed E-state index contributed by atoms with van der Waals surface area (Å²) in [4.78, 5) is 0. The van der Waals surface area contributed by atoms with Gasteiger partial charge in [-0.25, -0.2) is 0 Å². The fourth-order valence-corrected chi connectivity index (χ4v) is 1.99. The Bertz CT molecular complexity index is 394. The summed E-state index contributed by atoms with van der Waals surface area (Å²) < 4.78 is 5.40. The molecule has 0 radical (unpaired) electrons. The second-order valence-corrected chi connectivity index (χ2v) is 6.15. The minimum atomic E-state index is -0.101. The highest BCUT2D eigenvalue weighted by molar-refractivity contribution is 5.39. The maximum atomic E-state index is 5.96. The highest BCUT2D eigenvalue weighted by Gasteiger charge is 2.10. The van der Waals surface area contributed by atoms with Crippen LogP contribution in [0.2, 0.25) is 0 Å². The quantitative estimate of drug-likeness (QED) is 0.744. The molecule has 0 saturated carbocycles. The number of rotatable bonds is 7. The van der Waals surface area contributed by atoms with Gasteiger partial charge in [-0.05, 0) is 49.9 Å². The summed E-state index contributed by atoms with van der Waals surface area (Å²) >= 11 is 0. The fraction of sp³-hybridized carbons (Fsp3) is 0.625. The normalized spacial score (nSPS) is 11.9. The molecule has 19 heavy (non-hydrogen) atoms. The predicted octanol–water partition coefficient (Wildman–Crippen LogP) is 3.04. The van der Waals surface area contributed by atoms with E-state index in [1.165, 1.54) is 11.1 Å². The lowest BCUT2D eigenvalue weighted by atomic mass is 9.99. The number of benzene rings is 1. The van der Waals surface area contributed by atoms with Crippen LogP contribution in [0.3, 0.4) is 0 Å². The van der Waals surface area contributed by atoms with Crippen molar-refractivity contribution < 1.29 is 4.74 Å². The number of hydrogen-bond acceptors (Lipinski definition) is 3. The van der Waals surface area contributed by atoms with Crippen LogP contribution in [-0.2, 0) is 6.54 Å². The van der Waals surface area contributed by atoms with Crippen molar-refractivity contribution in [3.8, 4) is 5.75 Å². The van der Waals surface area contributed by atoms with Crippen molar-refractivity contribution in [3.63, 3.8) is 0 Å². The fourth-order valence-electron chi connectivity index (χ4n) is 1.99. The van der Waals surface area contributed by atoms with E-state index in [1.807, 2.05) is 0 Å². The van der Waals surface area contributed by atoms with Crippen LogP contribution in [0.15, 0.2) is 18.2 Å². The van der Waals surface area contributed by atoms with E-state index in [2.05, 4.69) is 51.2 Å². The zero-order valence-electron chi connectivity index (χ0n) is 12.9. The Balaban J connectivity index is 2.57. The van der Waals surface area contributed by atoms with Crippen LogP contribution < -0.4 is 15.8 Å². The van der Waals surface area contributed by atoms with E-state index in [0.717, 1.165) is 25.3 Å². The van der Waals surface area contributed by atoms with Crippen molar-refractivity contribution in [3.05, 3.63) is 29.3 Å². The molecule has 3 heteroatoms. The average Bonchev–Trinajstić information content (AvgIpc) is 2.33. The molecule has 1 aromatic carbocycles. The summed E-state index contributed by atoms with van der Waals surface area (Å²) in [5.74, 6) is 1.44. The van der Waals surface area contributed by atoms with Crippen LogP contribution in [0.4, 0.5) is 0 Å². The third-order valence-corrected chi connectivity index (χ3v) is 3.19. The Hall–Kier alpha value is -1.06. The Morgan fingerprint density at radius 2 is 2.00 bits per heavy atom. The minimum Gasteiger partial charge on any atom is -0.496 e. The van der Waals surface area contributed by atoms with Gasteiger partial charge in [0, 0.05) is 12.1 Å². The van der Waals surface area contributed by atoms with E-state index in [4.69, 9.17) is 10.5 Å². The molecule has 108 valence electrons. The lowest BCUT2D eigenvalue weighted by molar-refractivity contribution is 0.407. The van der Waals surface area contributed by atoms with Gasteiger partial charge in [-0.3, -0.25) is 0 Å². The second-order valence-electron chi connectivity index (χ2n) is 6.15. The van der Waals surface area contributed by atoms with Crippen LogP contribution in [0.5, 0.6) is 5.75 Å². The van der Waals surface area contributed by atoms with Crippen molar-refractivity contribution >= 4 is 0 Å². The van der Waals surface area contributed by atoms with Crippen LogP contribution in [0.1, 0.15) is 51.2 Å². The van der Waals surface area contributed by atoms with E-state index < -0.39 is 0 Å². The van der Waals surface area contributed by atoms with Crippen molar-refractivity contribution in [2.75, 3.05) is 13.7 Å². The summed E-state index contributed by atoms with van der Waals surface area (Å²) in [6, 6.07) is 6.40. The Labute approximate surface area is 117 Å². The highest BCUT2D eigenvalue weighted by Crippen LogP contribution is 2.27. The van der Waals surface area contributed by atoms with E-state index in [0.29, 0.717) is 5.92 Å². The Morgan fingerprint density at radius 3 is 2.53 bits per heavy atom. The summed E-state index contributed by atoms with van der Waals surface area (Å²) in [6.07, 6.45) is 0.972. The zero-order valence-corrected chi connectivity index (χ0v) is 12.9. The number of ether oxygens (including phenoxy) is 1. The second kappa shape index (κ2) is 6.92. The van der Waals surface area contributed by atoms with E-state index in [9.17, 15) is 0 Å². The smallest absolute Gasteiger partial charge is 0.122 e. The average molecular weight is 264 g/mol. The molecular weight excluding hydrogens is 236 g/mol. The number of hydrogen-bond donors (Lipinski definition) is 2. The first-order valence-electron chi connectivity index (χ1n) is 7.00. The van der Waals surface area contributed by atoms with Crippen LogP contribution in [0.25, 0.3) is 0 Å². The van der Waals surface area contributed by atoms with Gasteiger partial charge in [-0.2, -0.15) is 0 Å². The number of nitrogens with one attached hydrogen (secondary N) is 1. The van der Waals surface area contributed by atoms with Gasteiger partial charge in [0.2, 0.25) is 0 Å². The summed E-state index contributed by atoms with van der Waals surface area (Å²) in [5.41, 5.74) is 8.41. The van der Waals surface area contributed by atoms with Gasteiger partial charge >= 0.3 is 0 Å². The van der Waals surface area contributed by atoms with E-state index in [1.54, 1.807) is 7.11 Å². The first-order valence-corrected chi connectivity index (χ1v) is 7.00. The SMILES string of the molecule is COc1ccc(CNCCC(C)(C)N)cc1C(C)C. The molecule has 0 aliphatic rings. The van der Waals surface area contributed by atoms with Gasteiger partial charge in [0.1, 0.15) is 5.75 Å². The Kier molecular flexibility index (Phi) is 5.83. The molecule has 0 spiro atoms. The van der Waals surface area contributed by atoms with Gasteiger partial charge in [0.05, 0.1) is 7.11 Å². The monoisotopic (exact) mass is 264 g/mol. The predicted molar refractivity (Wildman–Crippen MR) is 81.7 cm³/mol. The van der Waals surface area contributed by atoms with Crippen molar-refractivity contribution in [2.24, 2.45) is 5.73 Å². The molecular formula is C16H28N2O. The van der Waals surface area contributed by atoms with Gasteiger partial charge in [0.25, 0.3) is 0 Å². The standard InChI is InChI=1S/C16H28N2O/c1-12(2)14-10-13(6-7-15(14)19-5)11-18-9-8-16(3,4)17/h6-7,10,12,18H,8-9,11,17H2,1-5H3. The molecule has 0 aliphatic carbocycles. The lowest BCUT2D eigenvalue weighted by Gasteiger charge is -2.18. The first-order chi connectivity index (χ1) is 8.83.